The van der Waals surface area contributed by atoms with E-state index in [1.807, 2.05) is 0 Å². The van der Waals surface area contributed by atoms with Gasteiger partial charge in [-0.05, 0) is 65.3 Å². The minimum atomic E-state index is -2.52. The average Bonchev–Trinajstić information content (AvgIpc) is 2.54. The molecule has 2 N–H and O–H groups in total. The highest BCUT2D eigenvalue weighted by Crippen LogP contribution is 2.51. The first-order valence-electron chi connectivity index (χ1n) is 9.70. The zero-order valence-corrected chi connectivity index (χ0v) is 16.7. The molecule has 2 rings (SSSR count). The highest BCUT2D eigenvalue weighted by Gasteiger charge is 2.68. The van der Waals surface area contributed by atoms with Crippen molar-refractivity contribution < 1.29 is 13.6 Å². The van der Waals surface area contributed by atoms with E-state index in [1.54, 1.807) is 0 Å². The second-order valence-corrected chi connectivity index (χ2v) is 10.9. The summed E-state index contributed by atoms with van der Waals surface area (Å²) in [6.07, 6.45) is 8.51. The van der Waals surface area contributed by atoms with Crippen LogP contribution in [0.25, 0.3) is 0 Å². The Hall–Kier alpha value is 0.0569. The van der Waals surface area contributed by atoms with Gasteiger partial charge in [-0.25, -0.2) is 0 Å². The lowest BCUT2D eigenvalue weighted by Crippen LogP contribution is -2.80. The van der Waals surface area contributed by atoms with Crippen LogP contribution in [-0.4, -0.2) is 39.1 Å². The van der Waals surface area contributed by atoms with E-state index in [-0.39, 0.29) is 5.54 Å². The second-order valence-electron chi connectivity index (χ2n) is 7.31. The van der Waals surface area contributed by atoms with E-state index in [2.05, 4.69) is 27.7 Å². The van der Waals surface area contributed by atoms with Crippen molar-refractivity contribution in [2.45, 2.75) is 89.4 Å². The molecule has 5 heteroatoms. The predicted molar refractivity (Wildman–Crippen MR) is 96.6 cm³/mol. The third-order valence-corrected chi connectivity index (χ3v) is 10.8. The highest BCUT2D eigenvalue weighted by molar-refractivity contribution is 6.71. The van der Waals surface area contributed by atoms with Crippen LogP contribution >= 0.6 is 0 Å². The minimum absolute atomic E-state index is 0.321. The van der Waals surface area contributed by atoms with Crippen LogP contribution in [0, 0.1) is 5.92 Å². The fraction of sp³-hybridized carbons (Fsp3) is 1.00. The molecular weight excluding hydrogens is 306 g/mol. The van der Waals surface area contributed by atoms with Crippen LogP contribution in [0.1, 0.15) is 72.6 Å². The quantitative estimate of drug-likeness (QED) is 0.712. The van der Waals surface area contributed by atoms with Gasteiger partial charge in [0.25, 0.3) is 0 Å². The van der Waals surface area contributed by atoms with Crippen molar-refractivity contribution in [3.05, 3.63) is 0 Å². The largest absolute Gasteiger partial charge is 0.393 e. The zero-order chi connectivity index (χ0) is 17.0. The van der Waals surface area contributed by atoms with Gasteiger partial charge in [-0.3, -0.25) is 0 Å². The predicted octanol–water partition coefficient (Wildman–Crippen LogP) is 3.91. The first kappa shape index (κ1) is 19.4. The molecule has 2 atom stereocenters. The Morgan fingerprint density at radius 1 is 0.957 bits per heavy atom. The molecule has 0 aromatic rings. The van der Waals surface area contributed by atoms with E-state index >= 15 is 0 Å². The maximum atomic E-state index is 7.18. The minimum Gasteiger partial charge on any atom is -0.393 e. The third kappa shape index (κ3) is 3.27. The lowest BCUT2D eigenvalue weighted by Gasteiger charge is -2.60. The van der Waals surface area contributed by atoms with Gasteiger partial charge in [-0.1, -0.05) is 19.3 Å². The summed E-state index contributed by atoms with van der Waals surface area (Å²) in [5, 5.41) is -0.471. The molecule has 2 aliphatic rings. The summed E-state index contributed by atoms with van der Waals surface area (Å²) in [5.41, 5.74) is 6.86. The Morgan fingerprint density at radius 3 is 2.09 bits per heavy atom. The second kappa shape index (κ2) is 7.96. The van der Waals surface area contributed by atoms with Crippen molar-refractivity contribution in [3.63, 3.8) is 0 Å². The molecule has 0 radical (unpaired) electrons. The van der Waals surface area contributed by atoms with Gasteiger partial charge in [0.05, 0.1) is 0 Å². The van der Waals surface area contributed by atoms with E-state index in [0.717, 1.165) is 18.9 Å². The number of hydrogen-bond acceptors (Lipinski definition) is 4. The third-order valence-electron chi connectivity index (χ3n) is 6.23. The van der Waals surface area contributed by atoms with Gasteiger partial charge in [0, 0.05) is 25.4 Å². The molecule has 23 heavy (non-hydrogen) atoms. The monoisotopic (exact) mass is 343 g/mol. The standard InChI is InChI=1S/C18H37NO3Si/c1-5-20-17(4)18(19,16-12-9-8-10-13-16)14-11-15-23(17,21-6-2)22-7-3/h16H,5-15,19H2,1-4H3. The molecule has 136 valence electrons. The fourth-order valence-electron chi connectivity index (χ4n) is 5.12. The van der Waals surface area contributed by atoms with Crippen molar-refractivity contribution in [1.82, 2.24) is 0 Å². The average molecular weight is 344 g/mol. The van der Waals surface area contributed by atoms with Crippen LogP contribution in [0.3, 0.4) is 0 Å². The normalized spacial score (nSPS) is 35.3. The van der Waals surface area contributed by atoms with Crippen LogP contribution in [0.5, 0.6) is 0 Å². The maximum Gasteiger partial charge on any atom is 0.372 e. The topological polar surface area (TPSA) is 53.7 Å². The smallest absolute Gasteiger partial charge is 0.372 e. The Balaban J connectivity index is 2.43. The van der Waals surface area contributed by atoms with Crippen LogP contribution in [0.2, 0.25) is 6.04 Å². The molecule has 0 aromatic heterocycles. The highest BCUT2D eigenvalue weighted by atomic mass is 28.4. The van der Waals surface area contributed by atoms with E-state index in [4.69, 9.17) is 19.3 Å². The first-order valence-corrected chi connectivity index (χ1v) is 11.7. The Labute approximate surface area is 143 Å². The molecule has 0 amide bonds. The van der Waals surface area contributed by atoms with E-state index in [9.17, 15) is 0 Å². The zero-order valence-electron chi connectivity index (χ0n) is 15.7. The molecule has 0 spiro atoms. The van der Waals surface area contributed by atoms with Crippen molar-refractivity contribution in [1.29, 1.82) is 0 Å². The maximum absolute atomic E-state index is 7.18. The number of hydrogen-bond donors (Lipinski definition) is 1. The number of rotatable bonds is 7. The molecule has 2 unspecified atom stereocenters. The SMILES string of the molecule is CCOC1(C)C(N)(C2CCCCC2)CCC[Si]1(OCC)OCC. The lowest BCUT2D eigenvalue weighted by atomic mass is 9.69. The molecule has 4 nitrogen and oxygen atoms in total. The summed E-state index contributed by atoms with van der Waals surface area (Å²) >= 11 is 0. The lowest BCUT2D eigenvalue weighted by molar-refractivity contribution is -0.0975. The summed E-state index contributed by atoms with van der Waals surface area (Å²) in [7, 11) is -2.52. The van der Waals surface area contributed by atoms with Gasteiger partial charge in [0.2, 0.25) is 0 Å². The van der Waals surface area contributed by atoms with E-state index in [1.165, 1.54) is 32.1 Å². The fourth-order valence-corrected chi connectivity index (χ4v) is 9.49. The summed E-state index contributed by atoms with van der Waals surface area (Å²) in [5.74, 6) is 0.529. The summed E-state index contributed by atoms with van der Waals surface area (Å²) in [4.78, 5) is 0. The Bertz CT molecular complexity index is 364. The van der Waals surface area contributed by atoms with Crippen molar-refractivity contribution in [2.24, 2.45) is 11.7 Å². The van der Waals surface area contributed by atoms with Gasteiger partial charge in [-0.2, -0.15) is 0 Å². The van der Waals surface area contributed by atoms with Gasteiger partial charge in [0.1, 0.15) is 5.22 Å². The van der Waals surface area contributed by atoms with Crippen LogP contribution in [0.4, 0.5) is 0 Å². The molecule has 1 aliphatic carbocycles. The summed E-state index contributed by atoms with van der Waals surface area (Å²) in [6.45, 7) is 10.4. The summed E-state index contributed by atoms with van der Waals surface area (Å²) in [6, 6.07) is 0.997. The molecular formula is C18H37NO3Si. The van der Waals surface area contributed by atoms with E-state index < -0.39 is 13.8 Å². The Kier molecular flexibility index (Phi) is 6.71. The van der Waals surface area contributed by atoms with Crippen molar-refractivity contribution in [3.8, 4) is 0 Å². The van der Waals surface area contributed by atoms with E-state index in [0.29, 0.717) is 25.7 Å². The van der Waals surface area contributed by atoms with Crippen molar-refractivity contribution in [2.75, 3.05) is 19.8 Å². The van der Waals surface area contributed by atoms with Crippen LogP contribution in [-0.2, 0) is 13.6 Å². The van der Waals surface area contributed by atoms with Gasteiger partial charge >= 0.3 is 8.56 Å². The van der Waals surface area contributed by atoms with Crippen molar-refractivity contribution >= 4 is 8.56 Å². The summed E-state index contributed by atoms with van der Waals surface area (Å²) < 4.78 is 19.2. The number of nitrogens with two attached hydrogens (primary N) is 1. The van der Waals surface area contributed by atoms with Gasteiger partial charge in [0.15, 0.2) is 0 Å². The number of ether oxygens (including phenoxy) is 1. The van der Waals surface area contributed by atoms with Gasteiger partial charge in [-0.15, -0.1) is 0 Å². The molecule has 0 bridgehead atoms. The molecule has 1 saturated carbocycles. The molecule has 1 aliphatic heterocycles. The molecule has 0 aromatic carbocycles. The molecule has 2 fully saturated rings. The first-order chi connectivity index (χ1) is 11.0. The van der Waals surface area contributed by atoms with Gasteiger partial charge < -0.3 is 19.3 Å². The van der Waals surface area contributed by atoms with Crippen LogP contribution in [0.15, 0.2) is 0 Å². The van der Waals surface area contributed by atoms with Crippen LogP contribution < -0.4 is 5.73 Å². The molecule has 1 saturated heterocycles. The Morgan fingerprint density at radius 2 is 1.57 bits per heavy atom. The molecule has 1 heterocycles.